The summed E-state index contributed by atoms with van der Waals surface area (Å²) in [5, 5.41) is 6.30. The number of benzene rings is 2. The summed E-state index contributed by atoms with van der Waals surface area (Å²) >= 11 is 7.13. The number of thiophene rings is 1. The molecule has 3 aromatic rings. The molecule has 1 aliphatic rings. The van der Waals surface area contributed by atoms with Gasteiger partial charge in [-0.25, -0.2) is 26.4 Å². The number of nitrogens with one attached hydrogen (secondary N) is 1. The van der Waals surface area contributed by atoms with Gasteiger partial charge in [0.25, 0.3) is 0 Å². The molecule has 3 N–H and O–H groups in total. The van der Waals surface area contributed by atoms with E-state index in [0.29, 0.717) is 14.8 Å². The first-order valence-electron chi connectivity index (χ1n) is 10.6. The Kier molecular flexibility index (Phi) is 7.37. The van der Waals surface area contributed by atoms with Crippen LogP contribution in [0.3, 0.4) is 0 Å². The molecule has 1 amide bonds. The number of anilines is 1. The molecule has 1 atom stereocenters. The van der Waals surface area contributed by atoms with Crippen LogP contribution in [0.15, 0.2) is 64.9 Å². The second-order valence-electron chi connectivity index (χ2n) is 8.11. The van der Waals surface area contributed by atoms with E-state index in [9.17, 15) is 21.6 Å². The molecular weight excluding hydrogens is 549 g/mol. The lowest BCUT2D eigenvalue weighted by Crippen LogP contribution is -2.41. The number of rotatable bonds is 7. The standard InChI is InChI=1S/C23H21ClFN3O5S3/c1-14(20-8-9-22(24)34-20)13-35(30,31)27-18-10-11-28(23(18)29)19-7-6-15(12-17(19)25)16-4-2-3-5-21(16)36(26,32)33/h2-9,12-13,18,27H,10-11H2,1H3,(H2,26,32,33)/b14-13+/t18-/m0/s1. The third kappa shape index (κ3) is 5.69. The second kappa shape index (κ2) is 10.0. The Bertz CT molecular complexity index is 1590. The van der Waals surface area contributed by atoms with Gasteiger partial charge in [-0.05, 0) is 54.8 Å². The minimum atomic E-state index is -4.04. The molecule has 1 aliphatic heterocycles. The monoisotopic (exact) mass is 569 g/mol. The number of nitrogens with two attached hydrogens (primary N) is 1. The van der Waals surface area contributed by atoms with Gasteiger partial charge < -0.3 is 4.90 Å². The van der Waals surface area contributed by atoms with Gasteiger partial charge >= 0.3 is 0 Å². The number of primary sulfonamides is 1. The molecule has 0 saturated carbocycles. The maximum absolute atomic E-state index is 15.1. The third-order valence-corrected chi connectivity index (χ3v) is 9.16. The Morgan fingerprint density at radius 1 is 1.17 bits per heavy atom. The van der Waals surface area contributed by atoms with Crippen molar-refractivity contribution < 1.29 is 26.0 Å². The van der Waals surface area contributed by atoms with E-state index in [4.69, 9.17) is 16.7 Å². The Hall–Kier alpha value is -2.61. The van der Waals surface area contributed by atoms with Crippen molar-refractivity contribution >= 4 is 60.2 Å². The highest BCUT2D eigenvalue weighted by molar-refractivity contribution is 7.92. The van der Waals surface area contributed by atoms with Gasteiger partial charge in [0, 0.05) is 17.0 Å². The molecule has 4 rings (SSSR count). The summed E-state index contributed by atoms with van der Waals surface area (Å²) in [7, 11) is -8.01. The molecule has 1 fully saturated rings. The van der Waals surface area contributed by atoms with Crippen molar-refractivity contribution in [3.8, 4) is 11.1 Å². The zero-order valence-electron chi connectivity index (χ0n) is 18.8. The summed E-state index contributed by atoms with van der Waals surface area (Å²) in [5.74, 6) is -1.36. The highest BCUT2D eigenvalue weighted by Crippen LogP contribution is 2.32. The van der Waals surface area contributed by atoms with E-state index in [1.165, 1.54) is 41.7 Å². The molecule has 8 nitrogen and oxygen atoms in total. The lowest BCUT2D eigenvalue weighted by molar-refractivity contribution is -0.118. The summed E-state index contributed by atoms with van der Waals surface area (Å²) in [6, 6.07) is 12.2. The van der Waals surface area contributed by atoms with E-state index < -0.39 is 37.8 Å². The van der Waals surface area contributed by atoms with Crippen molar-refractivity contribution in [2.75, 3.05) is 11.4 Å². The Balaban J connectivity index is 1.54. The summed E-state index contributed by atoms with van der Waals surface area (Å²) in [6.45, 7) is 1.72. The van der Waals surface area contributed by atoms with E-state index in [0.717, 1.165) is 16.4 Å². The summed E-state index contributed by atoms with van der Waals surface area (Å²) in [5.41, 5.74) is 0.902. The number of hydrogen-bond acceptors (Lipinski definition) is 6. The number of amides is 1. The molecule has 2 heterocycles. The van der Waals surface area contributed by atoms with Gasteiger partial charge in [0.1, 0.15) is 11.9 Å². The summed E-state index contributed by atoms with van der Waals surface area (Å²) in [4.78, 5) is 14.6. The lowest BCUT2D eigenvalue weighted by Gasteiger charge is -2.19. The fraction of sp³-hybridized carbons (Fsp3) is 0.174. The van der Waals surface area contributed by atoms with Crippen molar-refractivity contribution in [2.45, 2.75) is 24.3 Å². The van der Waals surface area contributed by atoms with E-state index in [1.807, 2.05) is 0 Å². The fourth-order valence-electron chi connectivity index (χ4n) is 3.92. The fourth-order valence-corrected chi connectivity index (χ4v) is 7.05. The molecule has 0 unspecified atom stereocenters. The van der Waals surface area contributed by atoms with Crippen molar-refractivity contribution in [2.24, 2.45) is 5.14 Å². The lowest BCUT2D eigenvalue weighted by atomic mass is 10.0. The average Bonchev–Trinajstić information content (AvgIpc) is 3.38. The zero-order chi connectivity index (χ0) is 26.3. The zero-order valence-corrected chi connectivity index (χ0v) is 22.0. The van der Waals surface area contributed by atoms with Crippen molar-refractivity contribution in [1.29, 1.82) is 0 Å². The van der Waals surface area contributed by atoms with Crippen LogP contribution < -0.4 is 14.8 Å². The highest BCUT2D eigenvalue weighted by atomic mass is 35.5. The van der Waals surface area contributed by atoms with E-state index in [2.05, 4.69) is 4.72 Å². The third-order valence-electron chi connectivity index (χ3n) is 5.55. The molecule has 2 aromatic carbocycles. The van der Waals surface area contributed by atoms with E-state index in [1.54, 1.807) is 25.1 Å². The summed E-state index contributed by atoms with van der Waals surface area (Å²) < 4.78 is 67.0. The maximum atomic E-state index is 15.1. The number of carbonyl (C=O) groups is 1. The van der Waals surface area contributed by atoms with Crippen LogP contribution in [-0.2, 0) is 24.8 Å². The number of carbonyl (C=O) groups excluding carboxylic acids is 1. The SMILES string of the molecule is C/C(=C\S(=O)(=O)N[C@H]1CCN(c2ccc(-c3ccccc3S(N)(=O)=O)cc2F)C1=O)c1ccc(Cl)s1. The van der Waals surface area contributed by atoms with Gasteiger partial charge in [0.05, 0.1) is 20.3 Å². The minimum Gasteiger partial charge on any atom is -0.308 e. The van der Waals surface area contributed by atoms with Gasteiger partial charge in [-0.3, -0.25) is 4.79 Å². The quantitative estimate of drug-likeness (QED) is 0.445. The number of hydrogen-bond donors (Lipinski definition) is 2. The molecule has 13 heteroatoms. The Morgan fingerprint density at radius 3 is 2.53 bits per heavy atom. The van der Waals surface area contributed by atoms with Crippen LogP contribution in [-0.4, -0.2) is 35.3 Å². The number of nitrogens with zero attached hydrogens (tertiary/aromatic N) is 1. The smallest absolute Gasteiger partial charge is 0.245 e. The van der Waals surface area contributed by atoms with Gasteiger partial charge in [-0.1, -0.05) is 35.9 Å². The minimum absolute atomic E-state index is 0.0431. The first kappa shape index (κ1) is 26.5. The van der Waals surface area contributed by atoms with Crippen LogP contribution in [0, 0.1) is 5.82 Å². The second-order valence-corrected chi connectivity index (χ2v) is 12.9. The Morgan fingerprint density at radius 2 is 1.89 bits per heavy atom. The predicted molar refractivity (Wildman–Crippen MR) is 139 cm³/mol. The van der Waals surface area contributed by atoms with E-state index >= 15 is 4.39 Å². The maximum Gasteiger partial charge on any atom is 0.245 e. The molecule has 0 bridgehead atoms. The first-order valence-corrected chi connectivity index (χ1v) is 14.8. The number of halogens is 2. The highest BCUT2D eigenvalue weighted by Gasteiger charge is 2.36. The van der Waals surface area contributed by atoms with Crippen LogP contribution >= 0.6 is 22.9 Å². The van der Waals surface area contributed by atoms with Crippen molar-refractivity contribution in [3.63, 3.8) is 0 Å². The average molecular weight is 570 g/mol. The normalized spacial score (nSPS) is 17.1. The largest absolute Gasteiger partial charge is 0.308 e. The van der Waals surface area contributed by atoms with Crippen molar-refractivity contribution in [1.82, 2.24) is 4.72 Å². The van der Waals surface area contributed by atoms with Crippen LogP contribution in [0.5, 0.6) is 0 Å². The molecule has 0 radical (unpaired) electrons. The van der Waals surface area contributed by atoms with Gasteiger partial charge in [-0.15, -0.1) is 11.3 Å². The first-order chi connectivity index (χ1) is 16.9. The predicted octanol–water partition coefficient (Wildman–Crippen LogP) is 3.94. The molecule has 0 aliphatic carbocycles. The van der Waals surface area contributed by atoms with Gasteiger partial charge in [-0.2, -0.15) is 4.72 Å². The summed E-state index contributed by atoms with van der Waals surface area (Å²) in [6.07, 6.45) is 0.144. The van der Waals surface area contributed by atoms with E-state index in [-0.39, 0.29) is 34.7 Å². The molecule has 190 valence electrons. The van der Waals surface area contributed by atoms with Crippen LogP contribution in [0.4, 0.5) is 10.1 Å². The Labute approximate surface area is 217 Å². The molecular formula is C23H21ClFN3O5S3. The molecule has 0 spiro atoms. The molecule has 1 saturated heterocycles. The van der Waals surface area contributed by atoms with Crippen molar-refractivity contribution in [3.05, 3.63) is 75.0 Å². The number of sulfonamides is 2. The molecule has 36 heavy (non-hydrogen) atoms. The van der Waals surface area contributed by atoms with Crippen LogP contribution in [0.25, 0.3) is 16.7 Å². The number of allylic oxidation sites excluding steroid dienone is 1. The van der Waals surface area contributed by atoms with Gasteiger partial charge in [0.2, 0.25) is 26.0 Å². The van der Waals surface area contributed by atoms with Gasteiger partial charge in [0.15, 0.2) is 0 Å². The van der Waals surface area contributed by atoms with Crippen LogP contribution in [0.1, 0.15) is 18.2 Å². The van der Waals surface area contributed by atoms with Crippen LogP contribution in [0.2, 0.25) is 4.34 Å². The topological polar surface area (TPSA) is 127 Å². The molecule has 1 aromatic heterocycles.